The Morgan fingerprint density at radius 2 is 1.60 bits per heavy atom. The van der Waals surface area contributed by atoms with E-state index in [9.17, 15) is 4.79 Å². The van der Waals surface area contributed by atoms with Crippen LogP contribution in [0.5, 0.6) is 5.75 Å². The van der Waals surface area contributed by atoms with E-state index in [1.165, 1.54) is 0 Å². The lowest BCUT2D eigenvalue weighted by molar-refractivity contribution is 0.104. The molecule has 1 saturated heterocycles. The molecule has 2 unspecified atom stereocenters. The van der Waals surface area contributed by atoms with Crippen molar-refractivity contribution < 1.29 is 9.53 Å². The van der Waals surface area contributed by atoms with Crippen molar-refractivity contribution in [1.82, 2.24) is 15.1 Å². The van der Waals surface area contributed by atoms with Crippen molar-refractivity contribution in [2.75, 3.05) is 32.8 Å². The molecule has 0 bridgehead atoms. The summed E-state index contributed by atoms with van der Waals surface area (Å²) in [5.41, 5.74) is 3.36. The van der Waals surface area contributed by atoms with Gasteiger partial charge in [-0.15, -0.1) is 0 Å². The highest BCUT2D eigenvalue weighted by Crippen LogP contribution is 2.54. The summed E-state index contributed by atoms with van der Waals surface area (Å²) in [4.78, 5) is 24.2. The SMILES string of the molecule is CCOc1cc(C(C)(C)C)ccc1C1=NC(C)(c2ccc(Cl)cc2)C(C)(c2ccc(C)cc2)N1C(=O)N1CCNCC1. The van der Waals surface area contributed by atoms with Gasteiger partial charge in [-0.2, -0.15) is 0 Å². The van der Waals surface area contributed by atoms with Crippen molar-refractivity contribution in [3.05, 3.63) is 99.6 Å². The molecule has 6 nitrogen and oxygen atoms in total. The Labute approximate surface area is 255 Å². The number of amides is 2. The van der Waals surface area contributed by atoms with Crippen molar-refractivity contribution in [2.24, 2.45) is 4.99 Å². The molecule has 3 aromatic rings. The van der Waals surface area contributed by atoms with E-state index < -0.39 is 11.1 Å². The summed E-state index contributed by atoms with van der Waals surface area (Å²) in [6, 6.07) is 22.6. The fraction of sp³-hybridized carbons (Fsp3) is 0.429. The van der Waals surface area contributed by atoms with Crippen molar-refractivity contribution in [3.8, 4) is 5.75 Å². The number of hydrogen-bond acceptors (Lipinski definition) is 4. The molecule has 1 fully saturated rings. The maximum Gasteiger partial charge on any atom is 0.326 e. The minimum absolute atomic E-state index is 0.0571. The fourth-order valence-electron chi connectivity index (χ4n) is 6.12. The molecule has 0 radical (unpaired) electrons. The van der Waals surface area contributed by atoms with Crippen LogP contribution in [0.3, 0.4) is 0 Å². The zero-order chi connectivity index (χ0) is 30.3. The quantitative estimate of drug-likeness (QED) is 0.342. The van der Waals surface area contributed by atoms with Crippen LogP contribution >= 0.6 is 11.6 Å². The van der Waals surface area contributed by atoms with E-state index in [2.05, 4.69) is 89.3 Å². The highest BCUT2D eigenvalue weighted by Gasteiger charge is 2.60. The Bertz CT molecular complexity index is 1470. The first-order chi connectivity index (χ1) is 19.9. The molecule has 0 aliphatic carbocycles. The lowest BCUT2D eigenvalue weighted by Crippen LogP contribution is -2.60. The van der Waals surface area contributed by atoms with Gasteiger partial charge in [-0.25, -0.2) is 4.79 Å². The predicted molar refractivity (Wildman–Crippen MR) is 172 cm³/mol. The van der Waals surface area contributed by atoms with E-state index in [1.54, 1.807) is 0 Å². The standard InChI is InChI=1S/C35H43ClN4O2/c1-8-42-30-23-27(33(3,4)5)15-18-29(30)31-38-34(6,25-13-16-28(36)17-14-25)35(7,26-11-9-24(2)10-12-26)40(31)32(41)39-21-19-37-20-22-39/h9-18,23,37H,8,19-22H2,1-7H3. The molecule has 1 N–H and O–H groups in total. The van der Waals surface area contributed by atoms with E-state index in [4.69, 9.17) is 21.3 Å². The minimum atomic E-state index is -0.863. The number of aryl methyl sites for hydroxylation is 1. The van der Waals surface area contributed by atoms with Crippen LogP contribution < -0.4 is 10.1 Å². The summed E-state index contributed by atoms with van der Waals surface area (Å²) >= 11 is 6.35. The third kappa shape index (κ3) is 5.20. The first kappa shape index (κ1) is 30.1. The smallest absolute Gasteiger partial charge is 0.326 e. The molecule has 2 heterocycles. The summed E-state index contributed by atoms with van der Waals surface area (Å²) in [7, 11) is 0. The summed E-state index contributed by atoms with van der Waals surface area (Å²) in [5, 5.41) is 4.04. The summed E-state index contributed by atoms with van der Waals surface area (Å²) in [5.74, 6) is 1.34. The van der Waals surface area contributed by atoms with Gasteiger partial charge in [-0.1, -0.05) is 80.4 Å². The second kappa shape index (κ2) is 11.4. The fourth-order valence-corrected chi connectivity index (χ4v) is 6.24. The minimum Gasteiger partial charge on any atom is -0.493 e. The van der Waals surface area contributed by atoms with Gasteiger partial charge in [0, 0.05) is 31.2 Å². The average Bonchev–Trinajstić information content (AvgIpc) is 3.21. The first-order valence-corrected chi connectivity index (χ1v) is 15.3. The van der Waals surface area contributed by atoms with Gasteiger partial charge in [0.25, 0.3) is 0 Å². The summed E-state index contributed by atoms with van der Waals surface area (Å²) in [6.45, 7) is 18.2. The number of rotatable bonds is 5. The third-order valence-electron chi connectivity index (χ3n) is 8.92. The molecule has 222 valence electrons. The molecular weight excluding hydrogens is 544 g/mol. The molecule has 2 amide bonds. The van der Waals surface area contributed by atoms with Gasteiger partial charge in [0.2, 0.25) is 0 Å². The molecule has 0 spiro atoms. The van der Waals surface area contributed by atoms with Crippen molar-refractivity contribution >= 4 is 23.5 Å². The zero-order valence-electron chi connectivity index (χ0n) is 25.9. The van der Waals surface area contributed by atoms with Crippen LogP contribution in [-0.2, 0) is 16.5 Å². The number of aliphatic imine (C=N–C) groups is 1. The van der Waals surface area contributed by atoms with E-state index >= 15 is 0 Å². The molecule has 2 aliphatic heterocycles. The summed E-state index contributed by atoms with van der Waals surface area (Å²) in [6.07, 6.45) is 0. The van der Waals surface area contributed by atoms with Gasteiger partial charge in [-0.05, 0) is 74.1 Å². The zero-order valence-corrected chi connectivity index (χ0v) is 26.7. The van der Waals surface area contributed by atoms with Crippen LogP contribution in [0.15, 0.2) is 71.7 Å². The predicted octanol–water partition coefficient (Wildman–Crippen LogP) is 7.26. The number of carbonyl (C=O) groups excluding carboxylic acids is 1. The maximum absolute atomic E-state index is 14.8. The van der Waals surface area contributed by atoms with E-state index in [0.29, 0.717) is 30.6 Å². The highest BCUT2D eigenvalue weighted by molar-refractivity contribution is 6.30. The average molecular weight is 587 g/mol. The third-order valence-corrected chi connectivity index (χ3v) is 9.18. The van der Waals surface area contributed by atoms with Crippen LogP contribution in [-0.4, -0.2) is 54.5 Å². The Morgan fingerprint density at radius 1 is 0.976 bits per heavy atom. The van der Waals surface area contributed by atoms with Crippen LogP contribution in [0.2, 0.25) is 5.02 Å². The van der Waals surface area contributed by atoms with E-state index in [1.807, 2.05) is 41.0 Å². The maximum atomic E-state index is 14.8. The van der Waals surface area contributed by atoms with E-state index in [0.717, 1.165) is 46.7 Å². The van der Waals surface area contributed by atoms with Crippen LogP contribution in [0, 0.1) is 6.92 Å². The Balaban J connectivity index is 1.80. The molecule has 3 aromatic carbocycles. The lowest BCUT2D eigenvalue weighted by atomic mass is 9.70. The molecule has 5 rings (SSSR count). The van der Waals surface area contributed by atoms with Crippen LogP contribution in [0.25, 0.3) is 0 Å². The van der Waals surface area contributed by atoms with E-state index in [-0.39, 0.29) is 11.4 Å². The van der Waals surface area contributed by atoms with Crippen molar-refractivity contribution in [2.45, 2.75) is 65.0 Å². The number of hydrogen-bond donors (Lipinski definition) is 1. The van der Waals surface area contributed by atoms with Gasteiger partial charge >= 0.3 is 6.03 Å². The molecule has 2 aliphatic rings. The number of benzene rings is 3. The van der Waals surface area contributed by atoms with Gasteiger partial charge in [0.1, 0.15) is 22.7 Å². The normalized spacial score (nSPS) is 22.7. The first-order valence-electron chi connectivity index (χ1n) is 14.9. The number of carbonyl (C=O) groups is 1. The molecule has 7 heteroatoms. The molecule has 42 heavy (non-hydrogen) atoms. The number of halogens is 1. The largest absolute Gasteiger partial charge is 0.493 e. The second-order valence-corrected chi connectivity index (χ2v) is 13.1. The molecule has 2 atom stereocenters. The number of amidine groups is 1. The molecule has 0 saturated carbocycles. The Kier molecular flexibility index (Phi) is 8.16. The molecule has 0 aromatic heterocycles. The Hall–Kier alpha value is -3.35. The number of nitrogens with one attached hydrogen (secondary N) is 1. The van der Waals surface area contributed by atoms with Crippen LogP contribution in [0.4, 0.5) is 4.79 Å². The lowest BCUT2D eigenvalue weighted by Gasteiger charge is -2.47. The topological polar surface area (TPSA) is 57.2 Å². The second-order valence-electron chi connectivity index (χ2n) is 12.7. The van der Waals surface area contributed by atoms with Gasteiger partial charge < -0.3 is 15.0 Å². The number of piperazine rings is 1. The summed E-state index contributed by atoms with van der Waals surface area (Å²) < 4.78 is 6.28. The molecular formula is C35H43ClN4O2. The highest BCUT2D eigenvalue weighted by atomic mass is 35.5. The number of urea groups is 1. The van der Waals surface area contributed by atoms with Gasteiger partial charge in [0.05, 0.1) is 12.2 Å². The van der Waals surface area contributed by atoms with Crippen molar-refractivity contribution in [3.63, 3.8) is 0 Å². The number of nitrogens with zero attached hydrogens (tertiary/aromatic N) is 3. The van der Waals surface area contributed by atoms with Crippen molar-refractivity contribution in [1.29, 1.82) is 0 Å². The van der Waals surface area contributed by atoms with Crippen LogP contribution in [0.1, 0.15) is 69.4 Å². The monoisotopic (exact) mass is 586 g/mol. The number of ether oxygens (including phenoxy) is 1. The van der Waals surface area contributed by atoms with Gasteiger partial charge in [0.15, 0.2) is 0 Å². The van der Waals surface area contributed by atoms with Gasteiger partial charge in [-0.3, -0.25) is 9.89 Å². The Morgan fingerprint density at radius 3 is 2.19 bits per heavy atom.